The fraction of sp³-hybridized carbons (Fsp3) is 0.700. The molecule has 1 amide bonds. The lowest BCUT2D eigenvalue weighted by molar-refractivity contribution is -0.180. The number of esters is 2. The number of ether oxygens (including phenoxy) is 3. The molecule has 0 aromatic carbocycles. The molecule has 0 aliphatic carbocycles. The van der Waals surface area contributed by atoms with E-state index in [1.165, 1.54) is 18.9 Å². The van der Waals surface area contributed by atoms with Gasteiger partial charge in [-0.25, -0.2) is 4.79 Å². The third kappa shape index (κ3) is 2.04. The molecule has 0 spiro atoms. The van der Waals surface area contributed by atoms with Gasteiger partial charge in [0.25, 0.3) is 6.29 Å². The summed E-state index contributed by atoms with van der Waals surface area (Å²) in [6.07, 6.45) is -1.38. The smallest absolute Gasteiger partial charge is 0.409 e. The molecule has 7 nitrogen and oxygen atoms in total. The van der Waals surface area contributed by atoms with Gasteiger partial charge in [-0.3, -0.25) is 9.59 Å². The summed E-state index contributed by atoms with van der Waals surface area (Å²) in [5, 5.41) is 0. The van der Waals surface area contributed by atoms with Crippen LogP contribution in [0.15, 0.2) is 0 Å². The summed E-state index contributed by atoms with van der Waals surface area (Å²) in [5.74, 6) is -1.68. The third-order valence-corrected chi connectivity index (χ3v) is 2.96. The summed E-state index contributed by atoms with van der Waals surface area (Å²) in [5.41, 5.74) is 0. The highest BCUT2D eigenvalue weighted by Gasteiger charge is 2.53. The third-order valence-electron chi connectivity index (χ3n) is 2.96. The first kappa shape index (κ1) is 11.7. The van der Waals surface area contributed by atoms with Crippen LogP contribution in [0.25, 0.3) is 0 Å². The quantitative estimate of drug-likeness (QED) is 0.590. The Morgan fingerprint density at radius 2 is 2.12 bits per heavy atom. The maximum Gasteiger partial charge on any atom is 0.409 e. The maximum absolute atomic E-state index is 11.5. The van der Waals surface area contributed by atoms with Crippen molar-refractivity contribution >= 4 is 18.0 Å². The van der Waals surface area contributed by atoms with Gasteiger partial charge >= 0.3 is 18.0 Å². The first-order valence-corrected chi connectivity index (χ1v) is 5.23. The lowest BCUT2D eigenvalue weighted by Gasteiger charge is -2.18. The van der Waals surface area contributed by atoms with Crippen molar-refractivity contribution in [3.05, 3.63) is 0 Å². The van der Waals surface area contributed by atoms with Crippen molar-refractivity contribution in [3.63, 3.8) is 0 Å². The predicted molar refractivity (Wildman–Crippen MR) is 52.6 cm³/mol. The van der Waals surface area contributed by atoms with Crippen molar-refractivity contribution in [1.29, 1.82) is 0 Å². The van der Waals surface area contributed by atoms with Crippen LogP contribution in [0.2, 0.25) is 0 Å². The van der Waals surface area contributed by atoms with Crippen molar-refractivity contribution in [2.24, 2.45) is 11.8 Å². The minimum absolute atomic E-state index is 0.244. The van der Waals surface area contributed by atoms with E-state index in [0.717, 1.165) is 0 Å². The van der Waals surface area contributed by atoms with E-state index in [2.05, 4.69) is 4.74 Å². The van der Waals surface area contributed by atoms with Crippen LogP contribution in [0.3, 0.4) is 0 Å². The molecule has 0 saturated carbocycles. The minimum Gasteiger partial charge on any atom is -0.453 e. The first-order chi connectivity index (χ1) is 8.02. The monoisotopic (exact) mass is 243 g/mol. The lowest BCUT2D eigenvalue weighted by atomic mass is 9.99. The highest BCUT2D eigenvalue weighted by Crippen LogP contribution is 2.35. The van der Waals surface area contributed by atoms with Gasteiger partial charge in [-0.2, -0.15) is 0 Å². The zero-order chi connectivity index (χ0) is 12.6. The van der Waals surface area contributed by atoms with Gasteiger partial charge in [0.1, 0.15) is 0 Å². The van der Waals surface area contributed by atoms with Gasteiger partial charge in [0.15, 0.2) is 0 Å². The molecule has 0 radical (unpaired) electrons. The summed E-state index contributed by atoms with van der Waals surface area (Å²) >= 11 is 0. The molecule has 94 valence electrons. The fourth-order valence-electron chi connectivity index (χ4n) is 2.20. The van der Waals surface area contributed by atoms with E-state index in [1.54, 1.807) is 0 Å². The Morgan fingerprint density at radius 1 is 1.41 bits per heavy atom. The van der Waals surface area contributed by atoms with Crippen LogP contribution in [-0.2, 0) is 23.8 Å². The van der Waals surface area contributed by atoms with Crippen LogP contribution in [0.5, 0.6) is 0 Å². The summed E-state index contributed by atoms with van der Waals surface area (Å²) in [6, 6.07) is 0. The summed E-state index contributed by atoms with van der Waals surface area (Å²) < 4.78 is 14.4. The Bertz CT molecular complexity index is 366. The second-order valence-corrected chi connectivity index (χ2v) is 4.06. The molecule has 0 unspecified atom stereocenters. The second-order valence-electron chi connectivity index (χ2n) is 4.06. The number of nitrogens with zero attached hydrogens (tertiary/aromatic N) is 1. The lowest BCUT2D eigenvalue weighted by Crippen LogP contribution is -2.33. The zero-order valence-electron chi connectivity index (χ0n) is 9.54. The van der Waals surface area contributed by atoms with E-state index < -0.39 is 30.2 Å². The molecular formula is C10H13NO6. The van der Waals surface area contributed by atoms with Gasteiger partial charge in [-0.15, -0.1) is 0 Å². The Morgan fingerprint density at radius 3 is 2.71 bits per heavy atom. The number of amides is 1. The van der Waals surface area contributed by atoms with E-state index in [0.29, 0.717) is 6.54 Å². The predicted octanol–water partition coefficient (Wildman–Crippen LogP) is -0.253. The standard InChI is InChI=1S/C10H13NO6/c1-5(12)16-9-7-4-11(10(14)15-2)3-6(7)8(13)17-9/h6-7,9H,3-4H2,1-2H3/t6-,7+,9+/m0/s1. The molecule has 0 N–H and O–H groups in total. The van der Waals surface area contributed by atoms with Crippen molar-refractivity contribution in [1.82, 2.24) is 4.90 Å². The van der Waals surface area contributed by atoms with Crippen LogP contribution in [0.1, 0.15) is 6.92 Å². The molecule has 2 saturated heterocycles. The topological polar surface area (TPSA) is 82.1 Å². The van der Waals surface area contributed by atoms with E-state index in [4.69, 9.17) is 9.47 Å². The molecule has 17 heavy (non-hydrogen) atoms. The summed E-state index contributed by atoms with van der Waals surface area (Å²) in [4.78, 5) is 35.1. The van der Waals surface area contributed by atoms with Crippen LogP contribution in [0, 0.1) is 11.8 Å². The number of fused-ring (bicyclic) bond motifs is 1. The first-order valence-electron chi connectivity index (χ1n) is 5.23. The molecule has 2 rings (SSSR count). The zero-order valence-corrected chi connectivity index (χ0v) is 9.54. The van der Waals surface area contributed by atoms with Crippen molar-refractivity contribution in [2.45, 2.75) is 13.2 Å². The molecule has 2 heterocycles. The molecule has 7 heteroatoms. The summed E-state index contributed by atoms with van der Waals surface area (Å²) in [7, 11) is 1.28. The highest BCUT2D eigenvalue weighted by atomic mass is 16.7. The molecule has 0 bridgehead atoms. The number of hydrogen-bond donors (Lipinski definition) is 0. The summed E-state index contributed by atoms with van der Waals surface area (Å²) in [6.45, 7) is 1.78. The van der Waals surface area contributed by atoms with Crippen molar-refractivity contribution in [3.8, 4) is 0 Å². The largest absolute Gasteiger partial charge is 0.453 e. The Labute approximate surface area is 97.6 Å². The van der Waals surface area contributed by atoms with Crippen LogP contribution in [0.4, 0.5) is 4.79 Å². The number of methoxy groups -OCH3 is 1. The number of hydrogen-bond acceptors (Lipinski definition) is 6. The van der Waals surface area contributed by atoms with Gasteiger partial charge in [0.05, 0.1) is 18.9 Å². The number of likely N-dealkylation sites (tertiary alicyclic amines) is 1. The van der Waals surface area contributed by atoms with Gasteiger partial charge in [-0.1, -0.05) is 0 Å². The van der Waals surface area contributed by atoms with Crippen LogP contribution >= 0.6 is 0 Å². The van der Waals surface area contributed by atoms with Gasteiger partial charge in [0.2, 0.25) is 0 Å². The SMILES string of the molecule is COC(=O)N1C[C@H]2[C@H](OC(C)=O)OC(=O)[C@H]2C1. The number of carbonyl (C=O) groups excluding carboxylic acids is 3. The van der Waals surface area contributed by atoms with Gasteiger partial charge in [0, 0.05) is 20.0 Å². The van der Waals surface area contributed by atoms with Crippen LogP contribution in [-0.4, -0.2) is 49.4 Å². The number of cyclic esters (lactones) is 1. The Balaban J connectivity index is 2.06. The van der Waals surface area contributed by atoms with E-state index in [-0.39, 0.29) is 12.5 Å². The van der Waals surface area contributed by atoms with E-state index in [1.807, 2.05) is 0 Å². The Kier molecular flexibility index (Phi) is 2.91. The van der Waals surface area contributed by atoms with Crippen LogP contribution < -0.4 is 0 Å². The molecule has 2 aliphatic rings. The van der Waals surface area contributed by atoms with E-state index >= 15 is 0 Å². The average molecular weight is 243 g/mol. The molecule has 0 aromatic rings. The minimum atomic E-state index is -0.889. The van der Waals surface area contributed by atoms with Crippen molar-refractivity contribution in [2.75, 3.05) is 20.2 Å². The van der Waals surface area contributed by atoms with Gasteiger partial charge < -0.3 is 19.1 Å². The van der Waals surface area contributed by atoms with Crippen molar-refractivity contribution < 1.29 is 28.6 Å². The molecule has 0 aromatic heterocycles. The molecular weight excluding hydrogens is 230 g/mol. The molecule has 2 fully saturated rings. The fourth-order valence-corrected chi connectivity index (χ4v) is 2.20. The Hall–Kier alpha value is -1.79. The normalized spacial score (nSPS) is 30.8. The molecule has 3 atom stereocenters. The number of rotatable bonds is 1. The molecule has 2 aliphatic heterocycles. The second kappa shape index (κ2) is 4.23. The average Bonchev–Trinajstić information content (AvgIpc) is 2.80. The number of carbonyl (C=O) groups is 3. The van der Waals surface area contributed by atoms with Gasteiger partial charge in [-0.05, 0) is 0 Å². The maximum atomic E-state index is 11.5. The highest BCUT2D eigenvalue weighted by molar-refractivity contribution is 5.78. The van der Waals surface area contributed by atoms with E-state index in [9.17, 15) is 14.4 Å².